The van der Waals surface area contributed by atoms with Crippen LogP contribution in [0.4, 0.5) is 11.4 Å². The molecule has 0 amide bonds. The molecule has 4 rings (SSSR count). The van der Waals surface area contributed by atoms with Crippen molar-refractivity contribution >= 4 is 28.7 Å². The summed E-state index contributed by atoms with van der Waals surface area (Å²) in [5.41, 5.74) is 19.1. The number of rotatable bonds is 8. The van der Waals surface area contributed by atoms with Crippen LogP contribution in [0.1, 0.15) is 83.9 Å². The topological polar surface area (TPSA) is 103 Å². The Morgan fingerprint density at radius 2 is 0.921 bits per heavy atom. The summed E-state index contributed by atoms with van der Waals surface area (Å²) in [6.07, 6.45) is 0.950. The van der Waals surface area contributed by atoms with Gasteiger partial charge >= 0.3 is 0 Å². The second-order valence-electron chi connectivity index (χ2n) is 9.44. The van der Waals surface area contributed by atoms with E-state index in [0.717, 1.165) is 0 Å². The predicted octanol–water partition coefficient (Wildman–Crippen LogP) is 6.29. The first kappa shape index (κ1) is 26.6. The molecule has 0 fully saturated rings. The fourth-order valence-electron chi connectivity index (χ4n) is 5.15. The SMILES string of the molecule is CCc1c(C(=O)c2cc(C)c(C(=O)c3ccccc3)c(N)c2CC)cc(C)c(C(=O)c2ccccc2)c1N. The van der Waals surface area contributed by atoms with Gasteiger partial charge in [-0.25, -0.2) is 0 Å². The van der Waals surface area contributed by atoms with Gasteiger partial charge in [0, 0.05) is 44.8 Å². The Kier molecular flexibility index (Phi) is 7.58. The van der Waals surface area contributed by atoms with E-state index in [4.69, 9.17) is 11.5 Å². The molecule has 192 valence electrons. The van der Waals surface area contributed by atoms with Gasteiger partial charge in [0.15, 0.2) is 17.3 Å². The highest BCUT2D eigenvalue weighted by Crippen LogP contribution is 2.34. The quantitative estimate of drug-likeness (QED) is 0.217. The highest BCUT2D eigenvalue weighted by Gasteiger charge is 2.27. The van der Waals surface area contributed by atoms with Crippen LogP contribution in [0.3, 0.4) is 0 Å². The van der Waals surface area contributed by atoms with E-state index in [2.05, 4.69) is 0 Å². The summed E-state index contributed by atoms with van der Waals surface area (Å²) < 4.78 is 0. The molecule has 0 aromatic heterocycles. The van der Waals surface area contributed by atoms with E-state index in [1.165, 1.54) is 0 Å². The van der Waals surface area contributed by atoms with Crippen molar-refractivity contribution in [3.63, 3.8) is 0 Å². The van der Waals surface area contributed by atoms with Crippen LogP contribution in [0.15, 0.2) is 72.8 Å². The van der Waals surface area contributed by atoms with Crippen LogP contribution in [0.2, 0.25) is 0 Å². The lowest BCUT2D eigenvalue weighted by atomic mass is 9.84. The Bertz CT molecular complexity index is 1440. The number of benzene rings is 4. The highest BCUT2D eigenvalue weighted by molar-refractivity contribution is 6.19. The minimum atomic E-state index is -0.222. The Hall–Kier alpha value is -4.51. The molecule has 0 aliphatic carbocycles. The fraction of sp³-hybridized carbons (Fsp3) is 0.182. The van der Waals surface area contributed by atoms with Crippen molar-refractivity contribution in [3.8, 4) is 0 Å². The zero-order chi connectivity index (χ0) is 27.6. The average molecular weight is 505 g/mol. The van der Waals surface area contributed by atoms with Crippen molar-refractivity contribution in [2.45, 2.75) is 40.5 Å². The van der Waals surface area contributed by atoms with Gasteiger partial charge in [0.05, 0.1) is 0 Å². The number of hydrogen-bond donors (Lipinski definition) is 2. The van der Waals surface area contributed by atoms with Gasteiger partial charge in [-0.15, -0.1) is 0 Å². The molecule has 0 aliphatic heterocycles. The zero-order valence-electron chi connectivity index (χ0n) is 22.2. The molecule has 0 radical (unpaired) electrons. The lowest BCUT2D eigenvalue weighted by Crippen LogP contribution is -2.18. The van der Waals surface area contributed by atoms with Gasteiger partial charge < -0.3 is 11.5 Å². The van der Waals surface area contributed by atoms with Crippen LogP contribution in [-0.2, 0) is 12.8 Å². The molecule has 0 spiro atoms. The maximum absolute atomic E-state index is 14.0. The third kappa shape index (κ3) is 4.63. The fourth-order valence-corrected chi connectivity index (χ4v) is 5.15. The van der Waals surface area contributed by atoms with Crippen molar-refractivity contribution in [2.24, 2.45) is 0 Å². The third-order valence-electron chi connectivity index (χ3n) is 7.07. The monoisotopic (exact) mass is 504 g/mol. The molecule has 0 saturated carbocycles. The Labute approximate surface area is 223 Å². The van der Waals surface area contributed by atoms with E-state index in [-0.39, 0.29) is 17.3 Å². The maximum atomic E-state index is 14.0. The molecule has 0 aliphatic rings. The lowest BCUT2D eigenvalue weighted by Gasteiger charge is -2.20. The molecule has 4 aromatic rings. The number of nitrogen functional groups attached to an aromatic ring is 2. The summed E-state index contributed by atoms with van der Waals surface area (Å²) >= 11 is 0. The lowest BCUT2D eigenvalue weighted by molar-refractivity contribution is 0.102. The first-order chi connectivity index (χ1) is 18.2. The van der Waals surface area contributed by atoms with E-state index < -0.39 is 0 Å². The van der Waals surface area contributed by atoms with Crippen LogP contribution < -0.4 is 11.5 Å². The van der Waals surface area contributed by atoms with E-state index in [9.17, 15) is 14.4 Å². The Morgan fingerprint density at radius 3 is 1.24 bits per heavy atom. The normalized spacial score (nSPS) is 10.8. The van der Waals surface area contributed by atoms with Crippen LogP contribution >= 0.6 is 0 Å². The first-order valence-electron chi connectivity index (χ1n) is 12.8. The standard InChI is InChI=1S/C33H32N2O3/c1-5-23-25(17-19(3)27(29(23)34)31(36)21-13-9-7-10-14-21)33(38)26-18-20(4)28(30(35)24(26)6-2)32(37)22-15-11-8-12-16-22/h7-18H,5-6,34-35H2,1-4H3. The smallest absolute Gasteiger partial charge is 0.195 e. The van der Waals surface area contributed by atoms with E-state index in [0.29, 0.717) is 79.9 Å². The Balaban J connectivity index is 1.85. The minimum Gasteiger partial charge on any atom is -0.398 e. The van der Waals surface area contributed by atoms with Gasteiger partial charge in [-0.1, -0.05) is 74.5 Å². The molecule has 38 heavy (non-hydrogen) atoms. The zero-order valence-corrected chi connectivity index (χ0v) is 22.2. The van der Waals surface area contributed by atoms with Crippen molar-refractivity contribution in [1.29, 1.82) is 0 Å². The number of anilines is 2. The van der Waals surface area contributed by atoms with Gasteiger partial charge in [-0.05, 0) is 61.1 Å². The summed E-state index contributed by atoms with van der Waals surface area (Å²) in [6.45, 7) is 7.42. The number of ketones is 3. The number of aryl methyl sites for hydroxylation is 2. The summed E-state index contributed by atoms with van der Waals surface area (Å²) in [5.74, 6) is -0.569. The average Bonchev–Trinajstić information content (AvgIpc) is 2.92. The molecule has 4 aromatic carbocycles. The van der Waals surface area contributed by atoms with Crippen molar-refractivity contribution < 1.29 is 14.4 Å². The number of carbonyl (C=O) groups excluding carboxylic acids is 3. The van der Waals surface area contributed by atoms with Crippen LogP contribution in [0.25, 0.3) is 0 Å². The van der Waals surface area contributed by atoms with Crippen LogP contribution in [0.5, 0.6) is 0 Å². The minimum absolute atomic E-state index is 0.174. The third-order valence-corrected chi connectivity index (χ3v) is 7.07. The largest absolute Gasteiger partial charge is 0.398 e. The van der Waals surface area contributed by atoms with Crippen molar-refractivity contribution in [2.75, 3.05) is 11.5 Å². The summed E-state index contributed by atoms with van der Waals surface area (Å²) in [7, 11) is 0. The van der Waals surface area contributed by atoms with Crippen LogP contribution in [0, 0.1) is 13.8 Å². The van der Waals surface area contributed by atoms with E-state index in [1.54, 1.807) is 50.2 Å². The number of carbonyl (C=O) groups is 3. The van der Waals surface area contributed by atoms with Crippen molar-refractivity contribution in [1.82, 2.24) is 0 Å². The number of nitrogens with two attached hydrogens (primary N) is 2. The van der Waals surface area contributed by atoms with Gasteiger partial charge in [-0.3, -0.25) is 14.4 Å². The Morgan fingerprint density at radius 1 is 0.579 bits per heavy atom. The van der Waals surface area contributed by atoms with Gasteiger partial charge in [0.25, 0.3) is 0 Å². The van der Waals surface area contributed by atoms with E-state index in [1.807, 2.05) is 50.2 Å². The highest BCUT2D eigenvalue weighted by atomic mass is 16.1. The van der Waals surface area contributed by atoms with Gasteiger partial charge in [0.1, 0.15) is 0 Å². The number of hydrogen-bond acceptors (Lipinski definition) is 5. The molecular weight excluding hydrogens is 472 g/mol. The van der Waals surface area contributed by atoms with Crippen LogP contribution in [-0.4, -0.2) is 17.3 Å². The van der Waals surface area contributed by atoms with Gasteiger partial charge in [-0.2, -0.15) is 0 Å². The molecule has 0 bridgehead atoms. The molecule has 0 saturated heterocycles. The molecule has 0 atom stereocenters. The van der Waals surface area contributed by atoms with Crippen molar-refractivity contribution in [3.05, 3.63) is 128 Å². The first-order valence-corrected chi connectivity index (χ1v) is 12.8. The maximum Gasteiger partial charge on any atom is 0.195 e. The molecular formula is C33H32N2O3. The molecule has 4 N–H and O–H groups in total. The van der Waals surface area contributed by atoms with Gasteiger partial charge in [0.2, 0.25) is 0 Å². The molecule has 5 heteroatoms. The molecule has 0 heterocycles. The second-order valence-corrected chi connectivity index (χ2v) is 9.44. The molecule has 0 unspecified atom stereocenters. The predicted molar refractivity (Wildman–Crippen MR) is 153 cm³/mol. The summed E-state index contributed by atoms with van der Waals surface area (Å²) in [5, 5.41) is 0. The van der Waals surface area contributed by atoms with E-state index >= 15 is 0 Å². The second kappa shape index (κ2) is 10.9. The summed E-state index contributed by atoms with van der Waals surface area (Å²) in [4.78, 5) is 40.6. The summed E-state index contributed by atoms with van der Waals surface area (Å²) in [6, 6.07) is 21.5. The molecule has 5 nitrogen and oxygen atoms in total.